The van der Waals surface area contributed by atoms with Crippen LogP contribution in [0.15, 0.2) is 0 Å². The quantitative estimate of drug-likeness (QED) is 0.689. The molecule has 0 atom stereocenters. The van der Waals surface area contributed by atoms with Gasteiger partial charge in [0.2, 0.25) is 10.0 Å². The number of aliphatic carboxylic acids is 1. The second-order valence-corrected chi connectivity index (χ2v) is 5.72. The maximum absolute atomic E-state index is 11.3. The van der Waals surface area contributed by atoms with Gasteiger partial charge in [-0.2, -0.15) is 0 Å². The Kier molecular flexibility index (Phi) is 4.54. The Hall–Kier alpha value is -0.620. The number of sulfonamides is 1. The van der Waals surface area contributed by atoms with Crippen molar-refractivity contribution in [2.45, 2.75) is 39.2 Å². The van der Waals surface area contributed by atoms with Crippen molar-refractivity contribution < 1.29 is 18.3 Å². The topological polar surface area (TPSA) is 83.5 Å². The number of carbonyl (C=O) groups is 1. The third kappa shape index (κ3) is 5.93. The zero-order valence-electron chi connectivity index (χ0n) is 8.70. The van der Waals surface area contributed by atoms with Crippen LogP contribution < -0.4 is 4.72 Å². The lowest BCUT2D eigenvalue weighted by Crippen LogP contribution is -2.45. The van der Waals surface area contributed by atoms with E-state index in [1.54, 1.807) is 20.8 Å². The van der Waals surface area contributed by atoms with E-state index >= 15 is 0 Å². The number of hydrogen-bond donors (Lipinski definition) is 2. The highest BCUT2D eigenvalue weighted by Crippen LogP contribution is 2.10. The molecular formula is C8H17NO4S. The zero-order valence-corrected chi connectivity index (χ0v) is 9.52. The van der Waals surface area contributed by atoms with Crippen LogP contribution >= 0.6 is 0 Å². The van der Waals surface area contributed by atoms with Gasteiger partial charge in [-0.05, 0) is 20.3 Å². The normalized spacial score (nSPS) is 12.8. The van der Waals surface area contributed by atoms with Crippen LogP contribution in [0.25, 0.3) is 0 Å². The summed E-state index contributed by atoms with van der Waals surface area (Å²) in [4.78, 5) is 10.4. The Bertz CT molecular complexity index is 294. The Morgan fingerprint density at radius 1 is 1.43 bits per heavy atom. The Labute approximate surface area is 84.6 Å². The van der Waals surface area contributed by atoms with E-state index < -0.39 is 21.5 Å². The van der Waals surface area contributed by atoms with E-state index in [0.717, 1.165) is 0 Å². The van der Waals surface area contributed by atoms with E-state index in [0.29, 0.717) is 6.42 Å². The molecular weight excluding hydrogens is 206 g/mol. The maximum atomic E-state index is 11.3. The fourth-order valence-electron chi connectivity index (χ4n) is 1.15. The van der Waals surface area contributed by atoms with Gasteiger partial charge in [-0.3, -0.25) is 4.79 Å². The standard InChI is InChI=1S/C8H17NO4S/c1-4-5-14(12,13)9-8(2,3)6-7(10)11/h9H,4-6H2,1-3H3,(H,10,11). The largest absolute Gasteiger partial charge is 0.481 e. The number of nitrogens with one attached hydrogen (secondary N) is 1. The minimum Gasteiger partial charge on any atom is -0.481 e. The van der Waals surface area contributed by atoms with E-state index in [1.807, 2.05) is 0 Å². The molecule has 0 radical (unpaired) electrons. The molecule has 0 aromatic rings. The molecule has 5 nitrogen and oxygen atoms in total. The summed E-state index contributed by atoms with van der Waals surface area (Å²) >= 11 is 0. The molecule has 0 heterocycles. The molecule has 0 rings (SSSR count). The van der Waals surface area contributed by atoms with Gasteiger partial charge < -0.3 is 5.11 Å². The summed E-state index contributed by atoms with van der Waals surface area (Å²) in [5.41, 5.74) is -0.931. The van der Waals surface area contributed by atoms with Gasteiger partial charge in [-0.25, -0.2) is 13.1 Å². The van der Waals surface area contributed by atoms with Crippen LogP contribution in [0.2, 0.25) is 0 Å². The fraction of sp³-hybridized carbons (Fsp3) is 0.875. The van der Waals surface area contributed by atoms with Gasteiger partial charge in [0.1, 0.15) is 0 Å². The van der Waals surface area contributed by atoms with Crippen molar-refractivity contribution in [1.82, 2.24) is 4.72 Å². The zero-order chi connectivity index (χ0) is 11.4. The first-order chi connectivity index (χ1) is 6.18. The van der Waals surface area contributed by atoms with Crippen molar-refractivity contribution in [3.63, 3.8) is 0 Å². The first-order valence-corrected chi connectivity index (χ1v) is 6.07. The first kappa shape index (κ1) is 13.4. The molecule has 0 unspecified atom stereocenters. The summed E-state index contributed by atoms with van der Waals surface area (Å²) in [7, 11) is -3.35. The SMILES string of the molecule is CCCS(=O)(=O)NC(C)(C)CC(=O)O. The number of carboxylic acid groups (broad SMARTS) is 1. The number of rotatable bonds is 6. The molecule has 14 heavy (non-hydrogen) atoms. The number of hydrogen-bond acceptors (Lipinski definition) is 3. The smallest absolute Gasteiger partial charge is 0.305 e. The Morgan fingerprint density at radius 3 is 2.29 bits per heavy atom. The third-order valence-corrected chi connectivity index (χ3v) is 3.31. The van der Waals surface area contributed by atoms with Gasteiger partial charge in [0.15, 0.2) is 0 Å². The van der Waals surface area contributed by atoms with E-state index in [1.165, 1.54) is 0 Å². The summed E-state index contributed by atoms with van der Waals surface area (Å²) in [6, 6.07) is 0. The summed E-state index contributed by atoms with van der Waals surface area (Å²) in [6.07, 6.45) is 0.286. The van der Waals surface area contributed by atoms with Crippen molar-refractivity contribution in [3.05, 3.63) is 0 Å². The molecule has 6 heteroatoms. The Morgan fingerprint density at radius 2 is 1.93 bits per heavy atom. The molecule has 0 aliphatic rings. The predicted octanol–water partition coefficient (Wildman–Crippen LogP) is 0.569. The molecule has 0 amide bonds. The lowest BCUT2D eigenvalue weighted by atomic mass is 10.0. The number of carboxylic acids is 1. The van der Waals surface area contributed by atoms with Gasteiger partial charge in [0, 0.05) is 5.54 Å². The summed E-state index contributed by atoms with van der Waals surface area (Å²) < 4.78 is 25.0. The van der Waals surface area contributed by atoms with Crippen molar-refractivity contribution >= 4 is 16.0 Å². The van der Waals surface area contributed by atoms with Crippen LogP contribution in [-0.4, -0.2) is 30.8 Å². The lowest BCUT2D eigenvalue weighted by molar-refractivity contribution is -0.138. The minimum absolute atomic E-state index is 0.0239. The molecule has 0 fully saturated rings. The molecule has 0 saturated carbocycles. The second kappa shape index (κ2) is 4.75. The fourth-order valence-corrected chi connectivity index (χ4v) is 2.71. The highest BCUT2D eigenvalue weighted by molar-refractivity contribution is 7.89. The molecule has 2 N–H and O–H groups in total. The molecule has 0 spiro atoms. The molecule has 0 bridgehead atoms. The monoisotopic (exact) mass is 223 g/mol. The second-order valence-electron chi connectivity index (χ2n) is 3.88. The average molecular weight is 223 g/mol. The van der Waals surface area contributed by atoms with E-state index in [2.05, 4.69) is 4.72 Å². The predicted molar refractivity (Wildman–Crippen MR) is 53.5 cm³/mol. The molecule has 0 saturated heterocycles. The third-order valence-electron chi connectivity index (χ3n) is 1.50. The van der Waals surface area contributed by atoms with Crippen LogP contribution in [0.3, 0.4) is 0 Å². The summed E-state index contributed by atoms with van der Waals surface area (Å²) in [6.45, 7) is 4.85. The summed E-state index contributed by atoms with van der Waals surface area (Å²) in [5, 5.41) is 8.54. The van der Waals surface area contributed by atoms with Crippen LogP contribution in [-0.2, 0) is 14.8 Å². The van der Waals surface area contributed by atoms with Crippen molar-refractivity contribution in [3.8, 4) is 0 Å². The van der Waals surface area contributed by atoms with Crippen LogP contribution in [0.5, 0.6) is 0 Å². The van der Waals surface area contributed by atoms with Gasteiger partial charge >= 0.3 is 5.97 Å². The van der Waals surface area contributed by atoms with Crippen LogP contribution in [0, 0.1) is 0 Å². The van der Waals surface area contributed by atoms with Crippen LogP contribution in [0.1, 0.15) is 33.6 Å². The molecule has 0 aliphatic carbocycles. The van der Waals surface area contributed by atoms with Gasteiger partial charge in [-0.1, -0.05) is 6.92 Å². The molecule has 0 aliphatic heterocycles. The maximum Gasteiger partial charge on any atom is 0.305 e. The van der Waals surface area contributed by atoms with Gasteiger partial charge in [0.25, 0.3) is 0 Å². The summed E-state index contributed by atoms with van der Waals surface area (Å²) in [5.74, 6) is -0.995. The molecule has 0 aromatic carbocycles. The molecule has 0 aromatic heterocycles. The van der Waals surface area contributed by atoms with Crippen molar-refractivity contribution in [1.29, 1.82) is 0 Å². The average Bonchev–Trinajstić information content (AvgIpc) is 1.78. The highest BCUT2D eigenvalue weighted by atomic mass is 32.2. The van der Waals surface area contributed by atoms with Gasteiger partial charge in [0.05, 0.1) is 12.2 Å². The lowest BCUT2D eigenvalue weighted by Gasteiger charge is -2.23. The molecule has 84 valence electrons. The minimum atomic E-state index is -3.35. The Balaban J connectivity index is 4.42. The van der Waals surface area contributed by atoms with E-state index in [4.69, 9.17) is 5.11 Å². The van der Waals surface area contributed by atoms with Gasteiger partial charge in [-0.15, -0.1) is 0 Å². The van der Waals surface area contributed by atoms with E-state index in [9.17, 15) is 13.2 Å². The highest BCUT2D eigenvalue weighted by Gasteiger charge is 2.26. The van der Waals surface area contributed by atoms with Crippen LogP contribution in [0.4, 0.5) is 0 Å². The van der Waals surface area contributed by atoms with Crippen molar-refractivity contribution in [2.75, 3.05) is 5.75 Å². The first-order valence-electron chi connectivity index (χ1n) is 4.42. The van der Waals surface area contributed by atoms with Crippen molar-refractivity contribution in [2.24, 2.45) is 0 Å². The van der Waals surface area contributed by atoms with E-state index in [-0.39, 0.29) is 12.2 Å².